The number of hydrogen-bond acceptors (Lipinski definition) is 5. The van der Waals surface area contributed by atoms with Gasteiger partial charge >= 0.3 is 6.61 Å². The molecule has 0 saturated heterocycles. The normalized spacial score (nSPS) is 13.8. The average Bonchev–Trinajstić information content (AvgIpc) is 2.71. The van der Waals surface area contributed by atoms with Crippen molar-refractivity contribution in [3.63, 3.8) is 0 Å². The van der Waals surface area contributed by atoms with Gasteiger partial charge < -0.3 is 14.4 Å². The summed E-state index contributed by atoms with van der Waals surface area (Å²) in [6.45, 7) is -0.969. The van der Waals surface area contributed by atoms with Crippen LogP contribution in [-0.4, -0.2) is 34.6 Å². The second-order valence-electron chi connectivity index (χ2n) is 6.75. The van der Waals surface area contributed by atoms with Gasteiger partial charge in [0.15, 0.2) is 11.5 Å². The molecule has 0 radical (unpaired) electrons. The number of carbonyl (C=O) groups is 1. The Bertz CT molecular complexity index is 1040. The van der Waals surface area contributed by atoms with Crippen molar-refractivity contribution < 1.29 is 31.5 Å². The molecule has 2 aromatic rings. The van der Waals surface area contributed by atoms with Crippen LogP contribution in [0.3, 0.4) is 0 Å². The molecule has 0 spiro atoms. The van der Waals surface area contributed by atoms with Crippen LogP contribution in [0.25, 0.3) is 0 Å². The fourth-order valence-electron chi connectivity index (χ4n) is 3.34. The first-order chi connectivity index (χ1) is 14.2. The zero-order valence-corrected chi connectivity index (χ0v) is 17.3. The number of ether oxygens (including phenoxy) is 2. The smallest absolute Gasteiger partial charge is 0.387 e. The maximum Gasteiger partial charge on any atom is 0.387 e. The predicted molar refractivity (Wildman–Crippen MR) is 106 cm³/mol. The number of aryl methyl sites for hydroxylation is 1. The van der Waals surface area contributed by atoms with E-state index < -0.39 is 16.6 Å². The van der Waals surface area contributed by atoms with Crippen LogP contribution in [0.4, 0.5) is 14.5 Å². The summed E-state index contributed by atoms with van der Waals surface area (Å²) in [5, 5.41) is 0. The van der Waals surface area contributed by atoms with Crippen molar-refractivity contribution >= 4 is 21.6 Å². The topological polar surface area (TPSA) is 84.9 Å². The molecule has 0 fully saturated rings. The van der Waals surface area contributed by atoms with Crippen molar-refractivity contribution in [2.24, 2.45) is 0 Å². The lowest BCUT2D eigenvalue weighted by Crippen LogP contribution is -2.33. The Morgan fingerprint density at radius 3 is 2.63 bits per heavy atom. The van der Waals surface area contributed by atoms with Gasteiger partial charge in [0.05, 0.1) is 12.0 Å². The second kappa shape index (κ2) is 8.97. The highest BCUT2D eigenvalue weighted by Crippen LogP contribution is 2.31. The summed E-state index contributed by atoms with van der Waals surface area (Å²) >= 11 is 0. The van der Waals surface area contributed by atoms with E-state index in [-0.39, 0.29) is 28.8 Å². The molecule has 1 amide bonds. The second-order valence-corrected chi connectivity index (χ2v) is 8.52. The highest BCUT2D eigenvalue weighted by atomic mass is 32.2. The van der Waals surface area contributed by atoms with Gasteiger partial charge in [0.1, 0.15) is 0 Å². The number of hydrogen-bond donors (Lipinski definition) is 1. The number of fused-ring (bicyclic) bond motifs is 1. The monoisotopic (exact) mass is 440 g/mol. The van der Waals surface area contributed by atoms with Gasteiger partial charge in [-0.1, -0.05) is 6.07 Å². The molecule has 1 N–H and O–H groups in total. The Labute approximate surface area is 173 Å². The molecule has 0 saturated carbocycles. The van der Waals surface area contributed by atoms with Gasteiger partial charge in [-0.05, 0) is 54.3 Å². The molecular formula is C20H22F2N2O5S. The van der Waals surface area contributed by atoms with Gasteiger partial charge in [0, 0.05) is 25.7 Å². The molecule has 10 heteroatoms. The van der Waals surface area contributed by atoms with Crippen molar-refractivity contribution in [2.75, 3.05) is 18.6 Å². The molecule has 162 valence electrons. The number of methoxy groups -OCH3 is 1. The van der Waals surface area contributed by atoms with Crippen LogP contribution < -0.4 is 19.1 Å². The number of nitrogens with one attached hydrogen (secondary N) is 1. The van der Waals surface area contributed by atoms with E-state index >= 15 is 0 Å². The molecule has 1 aliphatic rings. The van der Waals surface area contributed by atoms with Crippen LogP contribution in [0.1, 0.15) is 24.5 Å². The molecule has 0 aliphatic carbocycles. The molecule has 0 bridgehead atoms. The fourth-order valence-corrected chi connectivity index (χ4v) is 4.41. The van der Waals surface area contributed by atoms with Crippen molar-refractivity contribution in [3.05, 3.63) is 47.5 Å². The number of halogens is 2. The summed E-state index contributed by atoms with van der Waals surface area (Å²) in [5.74, 6) is -0.146. The van der Waals surface area contributed by atoms with Gasteiger partial charge in [-0.3, -0.25) is 4.79 Å². The first-order valence-corrected chi connectivity index (χ1v) is 10.7. The van der Waals surface area contributed by atoms with E-state index in [4.69, 9.17) is 4.74 Å². The molecular weight excluding hydrogens is 418 g/mol. The van der Waals surface area contributed by atoms with Gasteiger partial charge in [0.2, 0.25) is 15.9 Å². The maximum atomic E-state index is 12.7. The average molecular weight is 440 g/mol. The van der Waals surface area contributed by atoms with E-state index in [0.29, 0.717) is 18.5 Å². The summed E-state index contributed by atoms with van der Waals surface area (Å²) in [4.78, 5) is 13.5. The van der Waals surface area contributed by atoms with E-state index in [1.54, 1.807) is 17.0 Å². The van der Waals surface area contributed by atoms with E-state index in [9.17, 15) is 22.0 Å². The third kappa shape index (κ3) is 4.88. The lowest BCUT2D eigenvalue weighted by Gasteiger charge is -2.28. The minimum Gasteiger partial charge on any atom is -0.493 e. The first kappa shape index (κ1) is 22.0. The highest BCUT2D eigenvalue weighted by Gasteiger charge is 2.23. The summed E-state index contributed by atoms with van der Waals surface area (Å²) in [7, 11) is -2.52. The SMILES string of the molecule is COc1cc(CNS(=O)(=O)c2ccc3c(c2)CCCN3C(C)=O)ccc1OC(F)F. The third-order valence-corrected chi connectivity index (χ3v) is 6.17. The molecule has 3 rings (SSSR count). The molecule has 30 heavy (non-hydrogen) atoms. The number of nitrogens with zero attached hydrogens (tertiary/aromatic N) is 1. The molecule has 0 aromatic heterocycles. The molecule has 1 heterocycles. The summed E-state index contributed by atoms with van der Waals surface area (Å²) in [5.41, 5.74) is 2.04. The number of benzene rings is 2. The molecule has 1 aliphatic heterocycles. The number of carbonyl (C=O) groups excluding carboxylic acids is 1. The quantitative estimate of drug-likeness (QED) is 0.715. The predicted octanol–water partition coefficient (Wildman–Crippen LogP) is 3.07. The number of alkyl halides is 2. The van der Waals surface area contributed by atoms with Crippen LogP contribution >= 0.6 is 0 Å². The maximum absolute atomic E-state index is 12.7. The highest BCUT2D eigenvalue weighted by molar-refractivity contribution is 7.89. The molecule has 0 unspecified atom stereocenters. The standard InChI is InChI=1S/C20H22F2N2O5S/c1-13(25)24-9-3-4-15-11-16(6-7-17(15)24)30(26,27)23-12-14-5-8-18(29-20(21)22)19(10-14)28-2/h5-8,10-11,20,23H,3-4,9,12H2,1-2H3. The van der Waals surface area contributed by atoms with E-state index in [1.807, 2.05) is 0 Å². The van der Waals surface area contributed by atoms with Crippen LogP contribution in [0.15, 0.2) is 41.3 Å². The van der Waals surface area contributed by atoms with Crippen LogP contribution in [0, 0.1) is 0 Å². The number of anilines is 1. The number of amides is 1. The van der Waals surface area contributed by atoms with E-state index in [0.717, 1.165) is 17.7 Å². The summed E-state index contributed by atoms with van der Waals surface area (Å²) in [6.07, 6.45) is 1.45. The van der Waals surface area contributed by atoms with Crippen molar-refractivity contribution in [3.8, 4) is 11.5 Å². The molecule has 0 atom stereocenters. The van der Waals surface area contributed by atoms with Crippen LogP contribution in [0.2, 0.25) is 0 Å². The fraction of sp³-hybridized carbons (Fsp3) is 0.350. The zero-order chi connectivity index (χ0) is 21.9. The third-order valence-electron chi connectivity index (χ3n) is 4.77. The van der Waals surface area contributed by atoms with Gasteiger partial charge in [0.25, 0.3) is 0 Å². The Morgan fingerprint density at radius 2 is 1.97 bits per heavy atom. The minimum atomic E-state index is -3.82. The Balaban J connectivity index is 1.77. The van der Waals surface area contributed by atoms with Gasteiger partial charge in [-0.2, -0.15) is 8.78 Å². The molecule has 7 nitrogen and oxygen atoms in total. The van der Waals surface area contributed by atoms with Crippen LogP contribution in [-0.2, 0) is 27.8 Å². The Kier molecular flexibility index (Phi) is 6.57. The van der Waals surface area contributed by atoms with Gasteiger partial charge in [-0.25, -0.2) is 13.1 Å². The number of sulfonamides is 1. The first-order valence-electron chi connectivity index (χ1n) is 9.23. The lowest BCUT2D eigenvalue weighted by atomic mass is 10.0. The zero-order valence-electron chi connectivity index (χ0n) is 16.5. The lowest BCUT2D eigenvalue weighted by molar-refractivity contribution is -0.116. The Morgan fingerprint density at radius 1 is 1.20 bits per heavy atom. The summed E-state index contributed by atoms with van der Waals surface area (Å²) < 4.78 is 62.2. The van der Waals surface area contributed by atoms with Crippen LogP contribution in [0.5, 0.6) is 11.5 Å². The van der Waals surface area contributed by atoms with Crippen molar-refractivity contribution in [1.29, 1.82) is 0 Å². The van der Waals surface area contributed by atoms with Crippen molar-refractivity contribution in [1.82, 2.24) is 4.72 Å². The number of rotatable bonds is 7. The largest absolute Gasteiger partial charge is 0.493 e. The van der Waals surface area contributed by atoms with Gasteiger partial charge in [-0.15, -0.1) is 0 Å². The van der Waals surface area contributed by atoms with Crippen molar-refractivity contribution in [2.45, 2.75) is 37.8 Å². The van der Waals surface area contributed by atoms with E-state index in [1.165, 1.54) is 38.3 Å². The van der Waals surface area contributed by atoms with E-state index in [2.05, 4.69) is 9.46 Å². The molecule has 2 aromatic carbocycles. The minimum absolute atomic E-state index is 0.0652. The Hall–Kier alpha value is -2.72. The summed E-state index contributed by atoms with van der Waals surface area (Å²) in [6, 6.07) is 8.88.